The first-order valence-electron chi connectivity index (χ1n) is 28.7. The molecule has 494 valence electrons. The van der Waals surface area contributed by atoms with Crippen LogP contribution in [-0.2, 0) is 60.8 Å². The molecule has 3 aromatic rings. The van der Waals surface area contributed by atoms with Gasteiger partial charge in [-0.1, -0.05) is 48.5 Å². The van der Waals surface area contributed by atoms with Crippen LogP contribution in [0.2, 0.25) is 0 Å². The summed E-state index contributed by atoms with van der Waals surface area (Å²) in [5.41, 5.74) is 51.6. The number of amides is 8. The summed E-state index contributed by atoms with van der Waals surface area (Å²) < 4.78 is 0. The molecule has 90 heavy (non-hydrogen) atoms. The van der Waals surface area contributed by atoms with Crippen LogP contribution in [0.25, 0.3) is 10.9 Å². The van der Waals surface area contributed by atoms with Crippen LogP contribution < -0.4 is 94.1 Å². The topological polar surface area (TPSA) is 627 Å². The molecule has 2 aromatic carbocycles. The van der Waals surface area contributed by atoms with Crippen molar-refractivity contribution in [1.29, 1.82) is 0 Å². The Bertz CT molecular complexity index is 3030. The maximum Gasteiger partial charge on any atom is 0.326 e. The van der Waals surface area contributed by atoms with Gasteiger partial charge in [-0.05, 0) is 82.4 Å². The second-order valence-corrected chi connectivity index (χ2v) is 20.9. The molecule has 1 aromatic heterocycles. The lowest BCUT2D eigenvalue weighted by Crippen LogP contribution is -2.62. The highest BCUT2D eigenvalue weighted by Crippen LogP contribution is 2.20. The highest BCUT2D eigenvalue weighted by molar-refractivity contribution is 5.99. The second kappa shape index (κ2) is 38.1. The molecule has 35 heteroatoms. The van der Waals surface area contributed by atoms with Crippen LogP contribution in [0.5, 0.6) is 0 Å². The highest BCUT2D eigenvalue weighted by Gasteiger charge is 2.37. The fourth-order valence-corrected chi connectivity index (χ4v) is 8.82. The number of nitrogens with two attached hydrogens (primary N) is 9. The third-order valence-electron chi connectivity index (χ3n) is 13.5. The number of aliphatic carboxylic acids is 2. The maximum absolute atomic E-state index is 14.8. The normalized spacial score (nSPS) is 14.2. The predicted octanol–water partition coefficient (Wildman–Crippen LogP) is -6.67. The first kappa shape index (κ1) is 73.9. The fourth-order valence-electron chi connectivity index (χ4n) is 8.82. The highest BCUT2D eigenvalue weighted by atomic mass is 16.4. The number of para-hydroxylation sites is 1. The van der Waals surface area contributed by atoms with E-state index in [9.17, 15) is 63.3 Å². The van der Waals surface area contributed by atoms with Gasteiger partial charge in [0.05, 0.1) is 18.6 Å². The maximum atomic E-state index is 14.8. The summed E-state index contributed by atoms with van der Waals surface area (Å²) in [6.45, 7) is 2.33. The molecule has 8 amide bonds. The quantitative estimate of drug-likeness (QED) is 0.0143. The van der Waals surface area contributed by atoms with Gasteiger partial charge in [0.15, 0.2) is 23.8 Å². The van der Waals surface area contributed by atoms with Crippen LogP contribution in [0.4, 0.5) is 0 Å². The number of nitrogens with zero attached hydrogens (tertiary/aromatic N) is 4. The Labute approximate surface area is 517 Å². The summed E-state index contributed by atoms with van der Waals surface area (Å²) in [6.07, 6.45) is -1.65. The molecule has 1 heterocycles. The molecule has 0 saturated heterocycles. The van der Waals surface area contributed by atoms with E-state index in [2.05, 4.69) is 67.5 Å². The third-order valence-corrected chi connectivity index (χ3v) is 13.5. The first-order chi connectivity index (χ1) is 42.6. The average Bonchev–Trinajstić information content (AvgIpc) is 2.55. The Morgan fingerprint density at radius 2 is 0.878 bits per heavy atom. The van der Waals surface area contributed by atoms with Crippen LogP contribution in [0.1, 0.15) is 82.8 Å². The van der Waals surface area contributed by atoms with E-state index in [-0.39, 0.29) is 108 Å². The van der Waals surface area contributed by atoms with E-state index >= 15 is 0 Å². The Kier molecular flexibility index (Phi) is 31.3. The molecule has 3 rings (SSSR count). The Hall–Kier alpha value is -10.3. The van der Waals surface area contributed by atoms with Crippen LogP contribution in [-0.4, -0.2) is 190 Å². The van der Waals surface area contributed by atoms with E-state index in [1.807, 2.05) is 0 Å². The Morgan fingerprint density at radius 3 is 1.34 bits per heavy atom. The van der Waals surface area contributed by atoms with E-state index in [1.165, 1.54) is 6.92 Å². The zero-order chi connectivity index (χ0) is 67.0. The van der Waals surface area contributed by atoms with Gasteiger partial charge < -0.3 is 114 Å². The number of aliphatic hydroxyl groups excluding tert-OH is 1. The van der Waals surface area contributed by atoms with Gasteiger partial charge in [-0.2, -0.15) is 0 Å². The summed E-state index contributed by atoms with van der Waals surface area (Å²) >= 11 is 0. The van der Waals surface area contributed by atoms with Crippen molar-refractivity contribution in [3.63, 3.8) is 0 Å². The van der Waals surface area contributed by atoms with Gasteiger partial charge in [-0.3, -0.25) is 63.1 Å². The average molecular weight is 1260 g/mol. The first-order valence-corrected chi connectivity index (χ1v) is 28.7. The molecule has 0 aliphatic carbocycles. The zero-order valence-corrected chi connectivity index (χ0v) is 50.1. The molecule has 0 aliphatic heterocycles. The molecule has 0 spiro atoms. The van der Waals surface area contributed by atoms with Gasteiger partial charge in [0.25, 0.3) is 0 Å². The van der Waals surface area contributed by atoms with Gasteiger partial charge in [0, 0.05) is 56.1 Å². The van der Waals surface area contributed by atoms with Gasteiger partial charge in [-0.25, -0.2) is 4.79 Å². The van der Waals surface area contributed by atoms with Crippen molar-refractivity contribution in [1.82, 2.24) is 47.5 Å². The van der Waals surface area contributed by atoms with Crippen molar-refractivity contribution in [2.75, 3.05) is 26.2 Å². The molecule has 30 N–H and O–H groups in total. The van der Waals surface area contributed by atoms with Crippen molar-refractivity contribution in [3.8, 4) is 0 Å². The van der Waals surface area contributed by atoms with Crippen LogP contribution in [0, 0.1) is 0 Å². The molecule has 10 atom stereocenters. The van der Waals surface area contributed by atoms with E-state index in [0.29, 0.717) is 28.5 Å². The summed E-state index contributed by atoms with van der Waals surface area (Å²) in [7, 11) is 0. The number of carboxylic acid groups (broad SMARTS) is 2. The SMILES string of the molecule is C[C@H](NC(=O)[C@@H](N)CCCN=C(N)N)C(=O)N[C@@H](CC(=O)O)C(=O)N[C@H](C(=O)N[C@@H](CCCN=C(N)N)C(=O)N[C@@H](CCCN=C(N)N)C(=O)N[C@@H](Cc1c[nH]c2ccccc12)C(=O)N[C@@H](CCCN=C(N)N)C(=O)N[C@@H](Cc1ccccc1)C(=O)O)[C@@H](C)O. The van der Waals surface area contributed by atoms with Crippen molar-refractivity contribution < 1.29 is 63.3 Å². The summed E-state index contributed by atoms with van der Waals surface area (Å²) in [6, 6.07) is 1.55. The number of hydrogen-bond donors (Lipinski definition) is 21. The minimum absolute atomic E-state index is 0.00763. The fraction of sp³-hybridized carbons (Fsp3) is 0.491. The number of aromatic nitrogens is 1. The molecule has 35 nitrogen and oxygen atoms in total. The number of carbonyl (C=O) groups is 10. The van der Waals surface area contributed by atoms with E-state index < -0.39 is 126 Å². The van der Waals surface area contributed by atoms with Gasteiger partial charge in [0.2, 0.25) is 47.3 Å². The third kappa shape index (κ3) is 27.2. The van der Waals surface area contributed by atoms with Gasteiger partial charge >= 0.3 is 11.9 Å². The number of hydrogen-bond acceptors (Lipinski definition) is 16. The molecular weight excluding hydrogens is 1180 g/mol. The van der Waals surface area contributed by atoms with Crippen molar-refractivity contribution in [2.45, 2.75) is 145 Å². The molecule has 0 bridgehead atoms. The molecule has 0 fully saturated rings. The Morgan fingerprint density at radius 1 is 0.467 bits per heavy atom. The standard InChI is InChI=1S/C55H86N22O13/c1-28(70-44(82)33(56)15-8-20-65-52(57)58)43(81)74-39(26-41(79)80)49(87)77-42(29(2)78)50(88)73-37(19-11-23-68-55(63)64)45(83)71-35(17-9-21-66-53(59)60)46(84)75-38(25-31-27-69-34-16-7-6-14-32(31)34)48(86)72-36(18-10-22-67-54(61)62)47(85)76-40(51(89)90)24-30-12-4-3-5-13-30/h3-7,12-14,16,27-29,33,35-40,42,69,78H,8-11,15,17-26,56H2,1-2H3,(H,70,82)(H,71,83)(H,72,86)(H,73,88)(H,74,81)(H,75,84)(H,76,85)(H,77,87)(H,79,80)(H,89,90)(H4,57,58,65)(H4,59,60,66)(H4,61,62,67)(H4,63,64,68)/t28-,29+,33-,35-,36-,37-,38-,39-,40-,42-/m0/s1. The Balaban J connectivity index is 2.01. The number of rotatable bonds is 40. The predicted molar refractivity (Wildman–Crippen MR) is 332 cm³/mol. The second-order valence-electron chi connectivity index (χ2n) is 20.9. The molecular formula is C55H86N22O13. The van der Waals surface area contributed by atoms with Crippen LogP contribution >= 0.6 is 0 Å². The lowest BCUT2D eigenvalue weighted by atomic mass is 10.0. The minimum atomic E-state index is -1.95. The number of H-pyrrole nitrogens is 1. The number of aliphatic imine (C=N–C) groups is 4. The lowest BCUT2D eigenvalue weighted by Gasteiger charge is -2.28. The largest absolute Gasteiger partial charge is 0.481 e. The van der Waals surface area contributed by atoms with E-state index in [1.54, 1.807) is 60.8 Å². The van der Waals surface area contributed by atoms with Crippen LogP contribution in [0.15, 0.2) is 80.8 Å². The smallest absolute Gasteiger partial charge is 0.326 e. The van der Waals surface area contributed by atoms with Gasteiger partial charge in [-0.15, -0.1) is 0 Å². The minimum Gasteiger partial charge on any atom is -0.481 e. The van der Waals surface area contributed by atoms with E-state index in [4.69, 9.17) is 51.6 Å². The number of nitrogens with one attached hydrogen (secondary N) is 9. The number of fused-ring (bicyclic) bond motifs is 1. The number of aliphatic hydroxyl groups is 1. The number of aromatic amines is 1. The molecule has 0 saturated carbocycles. The molecule has 0 unspecified atom stereocenters. The van der Waals surface area contributed by atoms with Gasteiger partial charge in [0.1, 0.15) is 48.3 Å². The summed E-state index contributed by atoms with van der Waals surface area (Å²) in [4.78, 5) is 155. The lowest BCUT2D eigenvalue weighted by molar-refractivity contribution is -0.142. The molecule has 0 aliphatic rings. The van der Waals surface area contributed by atoms with Crippen molar-refractivity contribution in [2.24, 2.45) is 71.6 Å². The molecule has 0 radical (unpaired) electrons. The zero-order valence-electron chi connectivity index (χ0n) is 50.1. The van der Waals surface area contributed by atoms with Crippen LogP contribution in [0.3, 0.4) is 0 Å². The number of carbonyl (C=O) groups excluding carboxylic acids is 8. The number of carboxylic acids is 2. The summed E-state index contributed by atoms with van der Waals surface area (Å²) in [5.74, 6) is -12.1. The summed E-state index contributed by atoms with van der Waals surface area (Å²) in [5, 5.41) is 51.1. The monoisotopic (exact) mass is 1260 g/mol. The van der Waals surface area contributed by atoms with Crippen molar-refractivity contribution in [3.05, 3.63) is 71.9 Å². The van der Waals surface area contributed by atoms with E-state index in [0.717, 1.165) is 6.92 Å². The number of guanidine groups is 4. The number of benzene rings is 2. The van der Waals surface area contributed by atoms with Crippen molar-refractivity contribution >= 4 is 93.9 Å².